The van der Waals surface area contributed by atoms with Crippen LogP contribution in [0, 0.1) is 13.8 Å². The van der Waals surface area contributed by atoms with Crippen molar-refractivity contribution >= 4 is 9.42 Å². The third-order valence-electron chi connectivity index (χ3n) is 2.59. The molecule has 5 nitrogen and oxygen atoms in total. The standard InChI is InChI=1S/C9H5F3N3.C5H8N2.ClH.Pt/c10-9(11,12)8-5-7(14-15-8)6-3-1-2-4-13-6;1-4-3-5(2)7-6-4;;/h1-5H;3H,1-2H3,(H,6,7);1H;/q-1;;;+2/p-1. The molecule has 0 aliphatic heterocycles. The number of aromatic nitrogens is 5. The Morgan fingerprint density at radius 1 is 1.17 bits per heavy atom. The molecule has 3 aromatic rings. The summed E-state index contributed by atoms with van der Waals surface area (Å²) in [4.78, 5) is 3.87. The SMILES string of the molecule is Cc1cc(C)[nH]n1.FC(F)(F)c1cc(-c2ccccn2)[n-]n1.[Cl][Pt+]. The number of H-pyrrole nitrogens is 1. The minimum absolute atomic E-state index is 0.128. The van der Waals surface area contributed by atoms with Crippen LogP contribution in [0.15, 0.2) is 36.5 Å². The second-order valence-corrected chi connectivity index (χ2v) is 4.52. The molecular weight excluding hydrogens is 526 g/mol. The summed E-state index contributed by atoms with van der Waals surface area (Å²) in [6, 6.07) is 7.79. The van der Waals surface area contributed by atoms with Crippen LogP contribution in [0.3, 0.4) is 0 Å². The molecule has 0 aliphatic rings. The van der Waals surface area contributed by atoms with Crippen molar-refractivity contribution in [2.45, 2.75) is 20.0 Å². The number of nitrogens with one attached hydrogen (secondary N) is 1. The average molecular weight is 539 g/mol. The van der Waals surface area contributed by atoms with E-state index in [2.05, 4.69) is 34.8 Å². The van der Waals surface area contributed by atoms with Crippen LogP contribution in [0.5, 0.6) is 0 Å². The molecule has 3 rings (SSSR count). The molecule has 132 valence electrons. The third-order valence-corrected chi connectivity index (χ3v) is 2.59. The summed E-state index contributed by atoms with van der Waals surface area (Å²) in [5.41, 5.74) is 1.68. The van der Waals surface area contributed by atoms with E-state index in [-0.39, 0.29) is 5.69 Å². The Bertz CT molecular complexity index is 711. The van der Waals surface area contributed by atoms with E-state index in [1.165, 1.54) is 6.20 Å². The summed E-state index contributed by atoms with van der Waals surface area (Å²) in [7, 11) is 4.61. The van der Waals surface area contributed by atoms with E-state index in [0.29, 0.717) is 5.69 Å². The molecule has 3 aromatic heterocycles. The third kappa shape index (κ3) is 6.45. The van der Waals surface area contributed by atoms with Crippen molar-refractivity contribution in [3.63, 3.8) is 0 Å². The maximum atomic E-state index is 12.2. The first kappa shape index (κ1) is 20.4. The number of nitrogens with zero attached hydrogens (tertiary/aromatic N) is 4. The van der Waals surface area contributed by atoms with Crippen LogP contribution in [0.1, 0.15) is 17.1 Å². The van der Waals surface area contributed by atoms with Crippen LogP contribution in [-0.2, 0) is 24.9 Å². The minimum atomic E-state index is -4.46. The van der Waals surface area contributed by atoms with E-state index < -0.39 is 11.9 Å². The molecule has 0 amide bonds. The van der Waals surface area contributed by atoms with Crippen LogP contribution in [0.4, 0.5) is 13.2 Å². The van der Waals surface area contributed by atoms with Crippen molar-refractivity contribution in [2.24, 2.45) is 0 Å². The summed E-state index contributed by atoms with van der Waals surface area (Å²) >= 11 is 1.61. The molecule has 0 unspecified atom stereocenters. The van der Waals surface area contributed by atoms with Gasteiger partial charge < -0.3 is 10.2 Å². The quantitative estimate of drug-likeness (QED) is 0.511. The van der Waals surface area contributed by atoms with Crippen molar-refractivity contribution in [2.75, 3.05) is 0 Å². The van der Waals surface area contributed by atoms with Gasteiger partial charge in [-0.05, 0) is 38.1 Å². The van der Waals surface area contributed by atoms with Gasteiger partial charge in [-0.15, -0.1) is 0 Å². The molecule has 0 spiro atoms. The fourth-order valence-electron chi connectivity index (χ4n) is 1.63. The second-order valence-electron chi connectivity index (χ2n) is 4.52. The van der Waals surface area contributed by atoms with E-state index in [4.69, 9.17) is 0 Å². The van der Waals surface area contributed by atoms with Crippen LogP contribution < -0.4 is 5.10 Å². The van der Waals surface area contributed by atoms with Gasteiger partial charge in [0.2, 0.25) is 0 Å². The average Bonchev–Trinajstić information content (AvgIpc) is 3.19. The van der Waals surface area contributed by atoms with Gasteiger partial charge in [-0.3, -0.25) is 10.1 Å². The Balaban J connectivity index is 0.000000268. The molecule has 0 aromatic carbocycles. The van der Waals surface area contributed by atoms with Crippen molar-refractivity contribution < 1.29 is 31.9 Å². The van der Waals surface area contributed by atoms with E-state index in [1.807, 2.05) is 19.9 Å². The fraction of sp³-hybridized carbons (Fsp3) is 0.214. The van der Waals surface area contributed by atoms with Crippen LogP contribution in [0.2, 0.25) is 0 Å². The van der Waals surface area contributed by atoms with E-state index in [9.17, 15) is 13.2 Å². The van der Waals surface area contributed by atoms with Gasteiger partial charge in [0.05, 0.1) is 5.69 Å². The number of hydrogen-bond donors (Lipinski definition) is 1. The van der Waals surface area contributed by atoms with Gasteiger partial charge in [-0.25, -0.2) is 0 Å². The summed E-state index contributed by atoms with van der Waals surface area (Å²) in [6.07, 6.45) is -2.97. The predicted molar refractivity (Wildman–Crippen MR) is 79.7 cm³/mol. The van der Waals surface area contributed by atoms with Gasteiger partial charge in [0.1, 0.15) is 5.69 Å². The van der Waals surface area contributed by atoms with Crippen molar-refractivity contribution in [1.29, 1.82) is 0 Å². The van der Waals surface area contributed by atoms with Gasteiger partial charge in [0, 0.05) is 17.6 Å². The number of alkyl halides is 3. The van der Waals surface area contributed by atoms with E-state index in [1.54, 1.807) is 37.0 Å². The van der Waals surface area contributed by atoms with Crippen LogP contribution in [-0.4, -0.2) is 20.3 Å². The monoisotopic (exact) mass is 538 g/mol. The number of pyridine rings is 1. The summed E-state index contributed by atoms with van der Waals surface area (Å²) in [6.45, 7) is 3.95. The zero-order chi connectivity index (χ0) is 18.2. The van der Waals surface area contributed by atoms with Crippen LogP contribution in [0.25, 0.3) is 11.4 Å². The predicted octanol–water partition coefficient (Wildman–Crippen LogP) is 3.83. The second kappa shape index (κ2) is 9.59. The van der Waals surface area contributed by atoms with E-state index in [0.717, 1.165) is 17.5 Å². The van der Waals surface area contributed by atoms with Gasteiger partial charge >= 0.3 is 34.4 Å². The molecule has 0 fully saturated rings. The molecule has 0 saturated heterocycles. The first-order chi connectivity index (χ1) is 11.4. The van der Waals surface area contributed by atoms with Gasteiger partial charge in [0.25, 0.3) is 0 Å². The summed E-state index contributed by atoms with van der Waals surface area (Å²) in [5, 5.41) is 13.2. The van der Waals surface area contributed by atoms with E-state index >= 15 is 0 Å². The number of hydrogen-bond acceptors (Lipinski definition) is 3. The van der Waals surface area contributed by atoms with Crippen LogP contribution >= 0.6 is 9.42 Å². The Labute approximate surface area is 151 Å². The Morgan fingerprint density at radius 3 is 2.25 bits per heavy atom. The van der Waals surface area contributed by atoms with Crippen molar-refractivity contribution in [1.82, 2.24) is 25.4 Å². The topological polar surface area (TPSA) is 68.6 Å². The Kier molecular flexibility index (Phi) is 8.14. The first-order valence-electron chi connectivity index (χ1n) is 6.46. The molecule has 0 saturated carbocycles. The van der Waals surface area contributed by atoms with Crippen molar-refractivity contribution in [3.05, 3.63) is 53.6 Å². The zero-order valence-corrected chi connectivity index (χ0v) is 15.6. The number of aromatic amines is 1. The number of rotatable bonds is 1. The van der Waals surface area contributed by atoms with Gasteiger partial charge in [-0.2, -0.15) is 18.3 Å². The van der Waals surface area contributed by atoms with Gasteiger partial charge in [0.15, 0.2) is 0 Å². The number of aryl methyl sites for hydroxylation is 2. The molecule has 1 N–H and O–H groups in total. The maximum absolute atomic E-state index is 12.2. The summed E-state index contributed by atoms with van der Waals surface area (Å²) in [5.74, 6) is 0. The molecule has 3 heterocycles. The molecule has 0 aliphatic carbocycles. The zero-order valence-electron chi connectivity index (χ0n) is 12.6. The van der Waals surface area contributed by atoms with Gasteiger partial charge in [-0.1, -0.05) is 11.8 Å². The molecule has 0 atom stereocenters. The van der Waals surface area contributed by atoms with Crippen molar-refractivity contribution in [3.8, 4) is 11.4 Å². The molecule has 10 heteroatoms. The first-order valence-corrected chi connectivity index (χ1v) is 9.27. The molecule has 0 bridgehead atoms. The Morgan fingerprint density at radius 2 is 1.88 bits per heavy atom. The molecule has 24 heavy (non-hydrogen) atoms. The molecular formula is C14H13ClF3N5Pt. The fourth-order valence-corrected chi connectivity index (χ4v) is 1.63. The normalized spacial score (nSPS) is 10.3. The number of halogens is 4. The molecule has 0 radical (unpaired) electrons. The summed E-state index contributed by atoms with van der Waals surface area (Å²) < 4.78 is 36.6. The Hall–Kier alpha value is -1.66.